The fourth-order valence-corrected chi connectivity index (χ4v) is 1.25. The second-order valence-electron chi connectivity index (χ2n) is 3.00. The zero-order valence-electron chi connectivity index (χ0n) is 9.82. The molecule has 98 valence electrons. The minimum absolute atomic E-state index is 0.0224. The molecule has 0 spiro atoms. The molecule has 0 fully saturated rings. The Balaban J connectivity index is 2.67. The first-order valence-corrected chi connectivity index (χ1v) is 5.42. The molecule has 1 heterocycles. The highest BCUT2D eigenvalue weighted by atomic mass is 32.1. The number of halogens is 1. The number of nitrogens with zero attached hydrogens (tertiary/aromatic N) is 1. The molecule has 1 rings (SSSR count). The van der Waals surface area contributed by atoms with E-state index in [1.165, 1.54) is 7.11 Å². The molecule has 0 bridgehead atoms. The smallest absolute Gasteiger partial charge is 0.413 e. The summed E-state index contributed by atoms with van der Waals surface area (Å²) in [6, 6.07) is 1.14. The Labute approximate surface area is 108 Å². The summed E-state index contributed by atoms with van der Waals surface area (Å²) in [6.45, 7) is 1.90. The zero-order chi connectivity index (χ0) is 13.5. The highest BCUT2D eigenvalue weighted by molar-refractivity contribution is 7.80. The number of hydrogen-bond acceptors (Lipinski definition) is 5. The molecule has 8 heteroatoms. The number of hydrogen-bond donors (Lipinski definition) is 2. The number of thiocarbonyl (C=S) groups is 1. The van der Waals surface area contributed by atoms with Crippen LogP contribution >= 0.6 is 12.2 Å². The summed E-state index contributed by atoms with van der Waals surface area (Å²) >= 11 is 4.85. The number of nitrogens with one attached hydrogen (secondary N) is 2. The van der Waals surface area contributed by atoms with Crippen molar-refractivity contribution in [1.82, 2.24) is 10.3 Å². The van der Waals surface area contributed by atoms with E-state index in [9.17, 15) is 9.18 Å². The second-order valence-corrected chi connectivity index (χ2v) is 3.41. The Morgan fingerprint density at radius 3 is 2.94 bits per heavy atom. The van der Waals surface area contributed by atoms with E-state index >= 15 is 0 Å². The van der Waals surface area contributed by atoms with Gasteiger partial charge in [-0.25, -0.2) is 14.2 Å². The van der Waals surface area contributed by atoms with Crippen molar-refractivity contribution in [3.8, 4) is 5.75 Å². The molecular formula is C10H12FN3O3S. The van der Waals surface area contributed by atoms with Gasteiger partial charge in [0.15, 0.2) is 16.7 Å². The summed E-state index contributed by atoms with van der Waals surface area (Å²) < 4.78 is 22.4. The lowest BCUT2D eigenvalue weighted by molar-refractivity contribution is 0.158. The van der Waals surface area contributed by atoms with E-state index in [0.29, 0.717) is 0 Å². The van der Waals surface area contributed by atoms with Gasteiger partial charge < -0.3 is 14.8 Å². The summed E-state index contributed by atoms with van der Waals surface area (Å²) in [7, 11) is 1.36. The molecule has 0 aliphatic rings. The first-order valence-electron chi connectivity index (χ1n) is 5.01. The average Bonchev–Trinajstić information content (AvgIpc) is 2.31. The number of amides is 1. The topological polar surface area (TPSA) is 72.5 Å². The van der Waals surface area contributed by atoms with Crippen molar-refractivity contribution >= 4 is 29.2 Å². The van der Waals surface area contributed by atoms with E-state index in [1.807, 2.05) is 0 Å². The molecule has 0 unspecified atom stereocenters. The van der Waals surface area contributed by atoms with Crippen LogP contribution in [0, 0.1) is 5.82 Å². The number of carbonyl (C=O) groups is 1. The normalized spacial score (nSPS) is 9.50. The monoisotopic (exact) mass is 273 g/mol. The quantitative estimate of drug-likeness (QED) is 0.816. The minimum Gasteiger partial charge on any atom is -0.493 e. The van der Waals surface area contributed by atoms with Crippen LogP contribution in [-0.4, -0.2) is 29.9 Å². The number of carbonyl (C=O) groups excluding carboxylic acids is 1. The van der Waals surface area contributed by atoms with Crippen molar-refractivity contribution in [3.05, 3.63) is 18.1 Å². The summed E-state index contributed by atoms with van der Waals surface area (Å²) in [4.78, 5) is 14.8. The van der Waals surface area contributed by atoms with Crippen LogP contribution in [0.3, 0.4) is 0 Å². The molecule has 0 radical (unpaired) electrons. The highest BCUT2D eigenvalue weighted by Crippen LogP contribution is 2.21. The van der Waals surface area contributed by atoms with Crippen LogP contribution in [0.25, 0.3) is 0 Å². The molecule has 0 aliphatic heterocycles. The molecule has 1 aromatic heterocycles. The van der Waals surface area contributed by atoms with E-state index in [1.54, 1.807) is 6.92 Å². The lowest BCUT2D eigenvalue weighted by atomic mass is 10.4. The largest absolute Gasteiger partial charge is 0.493 e. The summed E-state index contributed by atoms with van der Waals surface area (Å²) in [5, 5.41) is 4.84. The first-order chi connectivity index (χ1) is 8.56. The van der Waals surface area contributed by atoms with Crippen molar-refractivity contribution in [2.45, 2.75) is 6.92 Å². The number of anilines is 1. The Bertz CT molecular complexity index is 456. The van der Waals surface area contributed by atoms with Gasteiger partial charge in [-0.1, -0.05) is 0 Å². The lowest BCUT2D eigenvalue weighted by Crippen LogP contribution is -2.34. The summed E-state index contributed by atoms with van der Waals surface area (Å²) in [6.07, 6.45) is 0.314. The van der Waals surface area contributed by atoms with Gasteiger partial charge in [-0.3, -0.25) is 5.32 Å². The van der Waals surface area contributed by atoms with Crippen LogP contribution in [0.4, 0.5) is 15.0 Å². The molecule has 0 aromatic carbocycles. The number of pyridine rings is 1. The maximum atomic E-state index is 12.9. The van der Waals surface area contributed by atoms with Crippen molar-refractivity contribution in [1.29, 1.82) is 0 Å². The lowest BCUT2D eigenvalue weighted by Gasteiger charge is -2.11. The molecular weight excluding hydrogens is 261 g/mol. The molecule has 1 amide bonds. The zero-order valence-corrected chi connectivity index (χ0v) is 10.6. The Morgan fingerprint density at radius 1 is 1.61 bits per heavy atom. The van der Waals surface area contributed by atoms with Gasteiger partial charge in [0, 0.05) is 6.07 Å². The molecule has 2 N–H and O–H groups in total. The molecule has 0 aliphatic carbocycles. The summed E-state index contributed by atoms with van der Waals surface area (Å²) in [5.41, 5.74) is 0. The van der Waals surface area contributed by atoms with Gasteiger partial charge in [-0.15, -0.1) is 0 Å². The number of aromatic nitrogens is 1. The SMILES string of the molecule is CCOC(=O)NC(=S)Nc1ncc(F)cc1OC. The van der Waals surface area contributed by atoms with Crippen molar-refractivity contribution in [2.75, 3.05) is 19.0 Å². The van der Waals surface area contributed by atoms with Crippen LogP contribution in [0.5, 0.6) is 5.75 Å². The molecule has 1 aromatic rings. The third-order valence-corrected chi connectivity index (χ3v) is 1.97. The molecule has 18 heavy (non-hydrogen) atoms. The fraction of sp³-hybridized carbons (Fsp3) is 0.300. The maximum absolute atomic E-state index is 12.9. The van der Waals surface area contributed by atoms with Gasteiger partial charge in [0.2, 0.25) is 0 Å². The predicted molar refractivity (Wildman–Crippen MR) is 67.1 cm³/mol. The molecule has 0 saturated carbocycles. The van der Waals surface area contributed by atoms with Crippen LogP contribution < -0.4 is 15.4 Å². The third kappa shape index (κ3) is 4.13. The number of rotatable bonds is 3. The van der Waals surface area contributed by atoms with E-state index < -0.39 is 11.9 Å². The number of ether oxygens (including phenoxy) is 2. The predicted octanol–water partition coefficient (Wildman–Crippen LogP) is 1.67. The van der Waals surface area contributed by atoms with E-state index in [-0.39, 0.29) is 23.3 Å². The van der Waals surface area contributed by atoms with E-state index in [4.69, 9.17) is 17.0 Å². The minimum atomic E-state index is -0.684. The van der Waals surface area contributed by atoms with Crippen LogP contribution in [0.1, 0.15) is 6.92 Å². The van der Waals surface area contributed by atoms with Gasteiger partial charge in [0.1, 0.15) is 5.82 Å². The van der Waals surface area contributed by atoms with Gasteiger partial charge >= 0.3 is 6.09 Å². The third-order valence-electron chi connectivity index (χ3n) is 1.76. The summed E-state index contributed by atoms with van der Waals surface area (Å²) in [5.74, 6) is -0.176. The molecule has 6 nitrogen and oxygen atoms in total. The average molecular weight is 273 g/mol. The first kappa shape index (κ1) is 14.1. The fourth-order valence-electron chi connectivity index (χ4n) is 1.07. The van der Waals surface area contributed by atoms with E-state index in [0.717, 1.165) is 12.3 Å². The molecule has 0 atom stereocenters. The maximum Gasteiger partial charge on any atom is 0.413 e. The van der Waals surface area contributed by atoms with Gasteiger partial charge in [0.05, 0.1) is 19.9 Å². The van der Waals surface area contributed by atoms with Crippen LogP contribution in [0.2, 0.25) is 0 Å². The van der Waals surface area contributed by atoms with Crippen molar-refractivity contribution in [3.63, 3.8) is 0 Å². The second kappa shape index (κ2) is 6.70. The Kier molecular flexibility index (Phi) is 5.25. The van der Waals surface area contributed by atoms with Crippen molar-refractivity contribution < 1.29 is 18.7 Å². The van der Waals surface area contributed by atoms with Crippen molar-refractivity contribution in [2.24, 2.45) is 0 Å². The number of methoxy groups -OCH3 is 1. The van der Waals surface area contributed by atoms with Gasteiger partial charge in [-0.2, -0.15) is 0 Å². The standard InChI is InChI=1S/C10H12FN3O3S/c1-3-17-10(15)14-9(18)13-8-7(16-2)4-6(11)5-12-8/h4-5H,3H2,1-2H3,(H2,12,13,14,15,18). The number of alkyl carbamates (subject to hydrolysis) is 1. The van der Waals surface area contributed by atoms with Gasteiger partial charge in [0.25, 0.3) is 0 Å². The van der Waals surface area contributed by atoms with E-state index in [2.05, 4.69) is 20.4 Å². The Hall–Kier alpha value is -1.96. The molecule has 0 saturated heterocycles. The Morgan fingerprint density at radius 2 is 2.33 bits per heavy atom. The van der Waals surface area contributed by atoms with Crippen LogP contribution in [0.15, 0.2) is 12.3 Å². The van der Waals surface area contributed by atoms with Crippen LogP contribution in [-0.2, 0) is 4.74 Å². The van der Waals surface area contributed by atoms with Gasteiger partial charge in [-0.05, 0) is 19.1 Å². The highest BCUT2D eigenvalue weighted by Gasteiger charge is 2.10.